The number of aromatic nitrogens is 2. The van der Waals surface area contributed by atoms with Crippen LogP contribution in [-0.2, 0) is 16.2 Å². The van der Waals surface area contributed by atoms with Gasteiger partial charge < -0.3 is 0 Å². The molecule has 5 nitrogen and oxygen atoms in total. The summed E-state index contributed by atoms with van der Waals surface area (Å²) in [7, 11) is -4.49. The monoisotopic (exact) mass is 453 g/mol. The predicted octanol–water partition coefficient (Wildman–Crippen LogP) is 5.14. The molecule has 1 heterocycles. The van der Waals surface area contributed by atoms with Crippen LogP contribution in [0.25, 0.3) is 11.0 Å². The summed E-state index contributed by atoms with van der Waals surface area (Å²) in [6.07, 6.45) is -4.86. The molecule has 1 N–H and O–H groups in total. The van der Waals surface area contributed by atoms with Crippen LogP contribution >= 0.6 is 11.6 Å². The van der Waals surface area contributed by atoms with Crippen molar-refractivity contribution in [3.8, 4) is 0 Å². The molecule has 0 unspecified atom stereocenters. The number of fused-ring (bicyclic) bond motifs is 1. The molecule has 1 atom stereocenters. The summed E-state index contributed by atoms with van der Waals surface area (Å²) in [4.78, 5) is 3.33. The number of alkyl halides is 5. The van der Waals surface area contributed by atoms with Gasteiger partial charge in [0.1, 0.15) is 5.82 Å². The Labute approximate surface area is 167 Å². The molecule has 0 aliphatic heterocycles. The van der Waals surface area contributed by atoms with Crippen LogP contribution in [0.2, 0.25) is 5.02 Å². The van der Waals surface area contributed by atoms with Crippen LogP contribution in [0, 0.1) is 0 Å². The first-order valence-electron chi connectivity index (χ1n) is 8.06. The van der Waals surface area contributed by atoms with E-state index in [0.717, 1.165) is 12.1 Å². The van der Waals surface area contributed by atoms with Crippen molar-refractivity contribution in [2.24, 2.45) is 0 Å². The Hall–Kier alpha value is -2.24. The van der Waals surface area contributed by atoms with Crippen molar-refractivity contribution in [1.29, 1.82) is 0 Å². The van der Waals surface area contributed by atoms with Crippen molar-refractivity contribution >= 4 is 32.7 Å². The van der Waals surface area contributed by atoms with Gasteiger partial charge in [0.15, 0.2) is 0 Å². The van der Waals surface area contributed by atoms with Crippen molar-refractivity contribution in [2.45, 2.75) is 30.6 Å². The first-order chi connectivity index (χ1) is 13.4. The summed E-state index contributed by atoms with van der Waals surface area (Å²) in [5.74, 6) is -0.283. The van der Waals surface area contributed by atoms with Crippen molar-refractivity contribution in [1.82, 2.24) is 14.3 Å². The topological polar surface area (TPSA) is 64.0 Å². The van der Waals surface area contributed by atoms with Crippen molar-refractivity contribution in [2.75, 3.05) is 0 Å². The number of rotatable bonds is 5. The number of benzene rings is 2. The van der Waals surface area contributed by atoms with Crippen LogP contribution in [0.4, 0.5) is 22.0 Å². The van der Waals surface area contributed by atoms with E-state index in [1.54, 1.807) is 6.07 Å². The number of para-hydroxylation sites is 2. The van der Waals surface area contributed by atoms with E-state index in [1.807, 2.05) is 0 Å². The Bertz CT molecular complexity index is 1160. The fraction of sp³-hybridized carbons (Fsp3) is 0.235. The Balaban J connectivity index is 2.00. The molecule has 0 saturated heterocycles. The number of sulfonamides is 1. The van der Waals surface area contributed by atoms with Gasteiger partial charge in [-0.25, -0.2) is 18.1 Å². The minimum atomic E-state index is -4.86. The maximum absolute atomic E-state index is 13.5. The first kappa shape index (κ1) is 21.5. The van der Waals surface area contributed by atoms with Crippen LogP contribution in [0.3, 0.4) is 0 Å². The fourth-order valence-corrected chi connectivity index (χ4v) is 4.27. The highest BCUT2D eigenvalue weighted by molar-refractivity contribution is 7.89. The van der Waals surface area contributed by atoms with Crippen LogP contribution in [-0.4, -0.2) is 18.0 Å². The Kier molecular flexibility index (Phi) is 5.58. The van der Waals surface area contributed by atoms with Gasteiger partial charge in [-0.2, -0.15) is 22.0 Å². The third-order valence-corrected chi connectivity index (χ3v) is 5.96. The Morgan fingerprint density at radius 3 is 2.41 bits per heavy atom. The van der Waals surface area contributed by atoms with Crippen molar-refractivity contribution < 1.29 is 30.4 Å². The zero-order valence-corrected chi connectivity index (χ0v) is 16.2. The third kappa shape index (κ3) is 4.21. The normalized spacial score (nSPS) is 13.9. The molecular weight excluding hydrogens is 441 g/mol. The van der Waals surface area contributed by atoms with Crippen LogP contribution in [0.1, 0.15) is 30.9 Å². The summed E-state index contributed by atoms with van der Waals surface area (Å²) < 4.78 is 93.9. The van der Waals surface area contributed by atoms with Gasteiger partial charge >= 0.3 is 12.7 Å². The second-order valence-corrected chi connectivity index (χ2v) is 8.21. The van der Waals surface area contributed by atoms with Gasteiger partial charge in [0, 0.05) is 0 Å². The molecule has 12 heteroatoms. The lowest BCUT2D eigenvalue weighted by Crippen LogP contribution is -2.29. The third-order valence-electron chi connectivity index (χ3n) is 4.09. The van der Waals surface area contributed by atoms with Crippen LogP contribution in [0.15, 0.2) is 47.4 Å². The van der Waals surface area contributed by atoms with Crippen LogP contribution < -0.4 is 4.72 Å². The lowest BCUT2D eigenvalue weighted by molar-refractivity contribution is -0.137. The molecule has 2 aromatic carbocycles. The van der Waals surface area contributed by atoms with Crippen molar-refractivity contribution in [3.05, 3.63) is 58.9 Å². The highest BCUT2D eigenvalue weighted by Gasteiger charge is 2.35. The fourth-order valence-electron chi connectivity index (χ4n) is 2.82. The highest BCUT2D eigenvalue weighted by atomic mass is 35.5. The van der Waals surface area contributed by atoms with E-state index in [-0.39, 0.29) is 16.9 Å². The molecular formula is C17H13ClF5N3O2S. The number of nitrogens with one attached hydrogen (secondary N) is 1. The van der Waals surface area contributed by atoms with Gasteiger partial charge in [-0.05, 0) is 37.3 Å². The number of nitrogens with zero attached hydrogens (tertiary/aromatic N) is 2. The van der Waals surface area contributed by atoms with Gasteiger partial charge in [0.05, 0.1) is 32.6 Å². The van der Waals surface area contributed by atoms with Gasteiger partial charge in [-0.1, -0.05) is 23.7 Å². The molecule has 3 rings (SSSR count). The molecule has 29 heavy (non-hydrogen) atoms. The minimum Gasteiger partial charge on any atom is -0.269 e. The molecule has 0 fully saturated rings. The highest BCUT2D eigenvalue weighted by Crippen LogP contribution is 2.36. The average Bonchev–Trinajstić information content (AvgIpc) is 3.00. The Morgan fingerprint density at radius 1 is 1.14 bits per heavy atom. The summed E-state index contributed by atoms with van der Waals surface area (Å²) in [5, 5.41) is -0.663. The van der Waals surface area contributed by atoms with E-state index in [0.29, 0.717) is 10.6 Å². The quantitative estimate of drug-likeness (QED) is 0.544. The number of halogens is 6. The molecule has 0 amide bonds. The molecule has 1 aromatic heterocycles. The second-order valence-electron chi connectivity index (χ2n) is 6.09. The molecule has 0 spiro atoms. The molecule has 0 saturated carbocycles. The smallest absolute Gasteiger partial charge is 0.269 e. The molecule has 0 aliphatic rings. The van der Waals surface area contributed by atoms with E-state index >= 15 is 0 Å². The minimum absolute atomic E-state index is 0.0920. The zero-order valence-electron chi connectivity index (χ0n) is 14.6. The molecule has 3 aromatic rings. The average molecular weight is 454 g/mol. The SMILES string of the molecule is C[C@H](NS(=O)(=O)c1ccc(Cl)c(C(F)(F)F)c1)c1nc2ccccc2n1C(F)F. The van der Waals surface area contributed by atoms with E-state index in [2.05, 4.69) is 9.71 Å². The van der Waals surface area contributed by atoms with Gasteiger partial charge in [0.2, 0.25) is 10.0 Å². The number of imidazole rings is 1. The first-order valence-corrected chi connectivity index (χ1v) is 9.92. The molecule has 0 bridgehead atoms. The van der Waals surface area contributed by atoms with Gasteiger partial charge in [0.25, 0.3) is 0 Å². The van der Waals surface area contributed by atoms with Gasteiger partial charge in [-0.15, -0.1) is 0 Å². The van der Waals surface area contributed by atoms with E-state index in [4.69, 9.17) is 11.6 Å². The summed E-state index contributed by atoms with van der Waals surface area (Å²) in [6.45, 7) is -1.74. The largest absolute Gasteiger partial charge is 0.417 e. The summed E-state index contributed by atoms with van der Waals surface area (Å²) >= 11 is 5.50. The van der Waals surface area contributed by atoms with E-state index in [9.17, 15) is 30.4 Å². The lowest BCUT2D eigenvalue weighted by Gasteiger charge is -2.17. The van der Waals surface area contributed by atoms with Crippen molar-refractivity contribution in [3.63, 3.8) is 0 Å². The second kappa shape index (κ2) is 7.54. The zero-order chi connectivity index (χ0) is 21.6. The van der Waals surface area contributed by atoms with Crippen LogP contribution in [0.5, 0.6) is 0 Å². The number of hydrogen-bond acceptors (Lipinski definition) is 3. The van der Waals surface area contributed by atoms with E-state index < -0.39 is 44.3 Å². The molecule has 0 radical (unpaired) electrons. The Morgan fingerprint density at radius 2 is 1.79 bits per heavy atom. The standard InChI is InChI=1S/C17H13ClF5N3O2S/c1-9(15-24-13-4-2-3-5-14(13)26(15)16(19)20)25-29(27,28)10-6-7-12(18)11(8-10)17(21,22)23/h2-9,16,25H,1H3/t9-/m0/s1. The lowest BCUT2D eigenvalue weighted by atomic mass is 10.2. The van der Waals surface area contributed by atoms with Gasteiger partial charge in [-0.3, -0.25) is 4.57 Å². The molecule has 156 valence electrons. The maximum Gasteiger partial charge on any atom is 0.417 e. The number of hydrogen-bond donors (Lipinski definition) is 1. The summed E-state index contributed by atoms with van der Waals surface area (Å²) in [6, 6.07) is 6.80. The predicted molar refractivity (Wildman–Crippen MR) is 96.2 cm³/mol. The maximum atomic E-state index is 13.5. The van der Waals surface area contributed by atoms with E-state index in [1.165, 1.54) is 25.1 Å². The summed E-state index contributed by atoms with van der Waals surface area (Å²) in [5.41, 5.74) is -1.01. The molecule has 0 aliphatic carbocycles.